The number of aliphatic hydroxyl groups excluding tert-OH is 4. The minimum Gasteiger partial charge on any atom is -0.512 e. The van der Waals surface area contributed by atoms with E-state index in [1.54, 1.807) is 0 Å². The number of aliphatic hydroxyl groups is 4. The van der Waals surface area contributed by atoms with Gasteiger partial charge in [0.15, 0.2) is 23.1 Å². The summed E-state index contributed by atoms with van der Waals surface area (Å²) >= 11 is 0. The van der Waals surface area contributed by atoms with Crippen LogP contribution in [0, 0.1) is 121 Å². The van der Waals surface area contributed by atoms with Crippen molar-refractivity contribution in [1.82, 2.24) is 19.9 Å². The Balaban J connectivity index is 0.000000651. The van der Waals surface area contributed by atoms with E-state index in [0.29, 0.717) is 0 Å². The topological polar surface area (TPSA) is 201 Å². The fourth-order valence-electron chi connectivity index (χ4n) is 11.7. The van der Waals surface area contributed by atoms with Crippen LogP contribution in [0.3, 0.4) is 0 Å². The van der Waals surface area contributed by atoms with Crippen molar-refractivity contribution in [3.05, 3.63) is 307 Å². The Morgan fingerprint density at radius 3 is 0.973 bits per heavy atom. The molecular weight excluding hydrogens is 2080 g/mol. The standard InChI is InChI=1S/2C19H18N.2C18H16N.4C5H8O2.4Ir/c1-12-5-6-18-17(10-12)15(4)11-19(20-18)16-8-13(2)7-14(3)9-16;1-12-8-13(2)10-16(9-12)18-11-15(4)19-14(3)6-5-7-17(19)20-18;1-12-4-6-17-15(9-12)5-7-18(19-17)16-10-13(2)8-14(3)11-16;1-12-8-13(2)10-15(9-12)18-11-14(3)16-6-4-5-7-17(16)19-18;4*1-4(6)3-5(2)7;;;;/h5-8,10-11H,1-4H3;5-9,11H,1-4H3;4-10H,1-3H3;4-9,11H,1-3H3;4*3,6H,1-2H3;;;;/q4*-1;;;;;;;;. The second kappa shape index (κ2) is 47.8. The van der Waals surface area contributed by atoms with Crippen molar-refractivity contribution >= 4 is 66.7 Å². The molecule has 4 aromatic heterocycles. The second-order valence-electron chi connectivity index (χ2n) is 27.0. The predicted octanol–water partition coefficient (Wildman–Crippen LogP) is 23.3. The molecule has 12 rings (SSSR count). The van der Waals surface area contributed by atoms with Crippen LogP contribution in [0.2, 0.25) is 0 Å². The zero-order valence-corrected chi connectivity index (χ0v) is 76.4. The SMILES string of the molecule is CC(=O)C=C(C)O.CC(=O)C=C(C)O.CC(=O)C=C(C)O.CC(=O)C=C(C)O.Cc1[c-]c(-c2cc(C)c3c(C)cccc3n2)cc(C)c1.Cc1[c-]c(-c2cc(C)c3cc(C)ccc3n2)cc(C)c1.Cc1[c-]c(-c2cc(C)c3ccccc3n2)cc(C)c1.Cc1[c-]c(-c2ccc3cc(C)ccc3n2)cc(C)c1.[Ir].[Ir].[Ir].[Ir]. The van der Waals surface area contributed by atoms with E-state index < -0.39 is 0 Å². The number of aryl methyl sites for hydroxylation is 14. The van der Waals surface area contributed by atoms with Crippen LogP contribution in [0.15, 0.2) is 205 Å². The molecule has 0 aliphatic heterocycles. The van der Waals surface area contributed by atoms with Crippen LogP contribution in [0.1, 0.15) is 133 Å². The van der Waals surface area contributed by atoms with Gasteiger partial charge in [-0.1, -0.05) is 139 Å². The Labute approximate surface area is 705 Å². The summed E-state index contributed by atoms with van der Waals surface area (Å²) in [4.78, 5) is 59.2. The van der Waals surface area contributed by atoms with Crippen LogP contribution in [0.4, 0.5) is 0 Å². The number of benzene rings is 8. The van der Waals surface area contributed by atoms with Gasteiger partial charge in [0.05, 0.1) is 45.1 Å². The first-order chi connectivity index (χ1) is 49.8. The van der Waals surface area contributed by atoms with E-state index in [4.69, 9.17) is 40.4 Å². The van der Waals surface area contributed by atoms with E-state index in [0.717, 1.165) is 89.4 Å². The maximum atomic E-state index is 10.0. The summed E-state index contributed by atoms with van der Waals surface area (Å²) in [6, 6.07) is 68.7. The van der Waals surface area contributed by atoms with Crippen LogP contribution in [0.25, 0.3) is 88.6 Å². The average Bonchev–Trinajstić information content (AvgIpc) is 0.812. The number of aromatic nitrogens is 4. The Morgan fingerprint density at radius 2 is 0.600 bits per heavy atom. The molecule has 0 saturated heterocycles. The van der Waals surface area contributed by atoms with E-state index in [1.807, 2.05) is 6.07 Å². The fraction of sp³-hybridized carbons (Fsp3) is 0.234. The number of rotatable bonds is 8. The number of carbonyl (C=O) groups excluding carboxylic acids is 4. The molecule has 0 fully saturated rings. The Kier molecular flexibility index (Phi) is 43.0. The summed E-state index contributed by atoms with van der Waals surface area (Å²) in [5.41, 5.74) is 29.7. The summed E-state index contributed by atoms with van der Waals surface area (Å²) in [7, 11) is 0. The molecule has 0 atom stereocenters. The van der Waals surface area contributed by atoms with Crippen molar-refractivity contribution in [2.24, 2.45) is 0 Å². The van der Waals surface area contributed by atoms with Gasteiger partial charge in [0.1, 0.15) is 0 Å². The molecule has 0 aliphatic carbocycles. The van der Waals surface area contributed by atoms with Crippen LogP contribution in [0.5, 0.6) is 0 Å². The zero-order valence-electron chi connectivity index (χ0n) is 66.9. The molecule has 584 valence electrons. The van der Waals surface area contributed by atoms with Crippen molar-refractivity contribution in [1.29, 1.82) is 0 Å². The van der Waals surface area contributed by atoms with Gasteiger partial charge in [-0.25, -0.2) is 0 Å². The summed E-state index contributed by atoms with van der Waals surface area (Å²) in [6.07, 6.45) is 4.67. The van der Waals surface area contributed by atoms with Crippen LogP contribution < -0.4 is 0 Å². The summed E-state index contributed by atoms with van der Waals surface area (Å²) < 4.78 is 0. The van der Waals surface area contributed by atoms with E-state index in [1.165, 1.54) is 157 Å². The zero-order chi connectivity index (χ0) is 78.8. The maximum absolute atomic E-state index is 10.0. The van der Waals surface area contributed by atoms with Crippen molar-refractivity contribution in [2.45, 2.75) is 152 Å². The molecule has 0 aliphatic rings. The van der Waals surface area contributed by atoms with Crippen LogP contribution >= 0.6 is 0 Å². The summed E-state index contributed by atoms with van der Waals surface area (Å²) in [5, 5.41) is 38.4. The number of allylic oxidation sites excluding steroid dienone is 8. The molecule has 0 saturated carbocycles. The average molecular weight is 2180 g/mol. The minimum atomic E-state index is -0.125. The normalized spacial score (nSPS) is 10.7. The number of hydrogen-bond acceptors (Lipinski definition) is 12. The number of hydrogen-bond donors (Lipinski definition) is 4. The van der Waals surface area contributed by atoms with Gasteiger partial charge in [-0.05, 0) is 184 Å². The number of para-hydroxylation sites is 1. The van der Waals surface area contributed by atoms with E-state index in [2.05, 4.69) is 273 Å². The molecule has 4 radical (unpaired) electrons. The van der Waals surface area contributed by atoms with Gasteiger partial charge in [0, 0.05) is 121 Å². The van der Waals surface area contributed by atoms with E-state index in [-0.39, 0.29) is 127 Å². The Bertz CT molecular complexity index is 5100. The second-order valence-corrected chi connectivity index (χ2v) is 27.0. The summed E-state index contributed by atoms with van der Waals surface area (Å²) in [6.45, 7) is 40.9. The maximum Gasteiger partial charge on any atom is 0.155 e. The number of nitrogens with zero attached hydrogens (tertiary/aromatic N) is 4. The molecular formula is C94H100Ir4N4O8-4. The molecule has 4 N–H and O–H groups in total. The van der Waals surface area contributed by atoms with Gasteiger partial charge in [-0.2, -0.15) is 0 Å². The molecule has 12 aromatic rings. The van der Waals surface area contributed by atoms with Crippen molar-refractivity contribution in [3.63, 3.8) is 0 Å². The molecule has 0 unspecified atom stereocenters. The van der Waals surface area contributed by atoms with Crippen molar-refractivity contribution in [3.8, 4) is 45.0 Å². The molecule has 4 heterocycles. The third kappa shape index (κ3) is 34.0. The third-order valence-electron chi connectivity index (χ3n) is 15.5. The molecule has 110 heavy (non-hydrogen) atoms. The van der Waals surface area contributed by atoms with E-state index >= 15 is 0 Å². The molecule has 16 heteroatoms. The third-order valence-corrected chi connectivity index (χ3v) is 15.5. The van der Waals surface area contributed by atoms with Crippen molar-refractivity contribution in [2.75, 3.05) is 0 Å². The Morgan fingerprint density at radius 1 is 0.282 bits per heavy atom. The van der Waals surface area contributed by atoms with Gasteiger partial charge in [0.2, 0.25) is 0 Å². The van der Waals surface area contributed by atoms with Crippen molar-refractivity contribution < 1.29 is 120 Å². The first kappa shape index (κ1) is 98.8. The quantitative estimate of drug-likeness (QED) is 0.0638. The first-order valence-electron chi connectivity index (χ1n) is 34.9. The molecule has 8 aromatic carbocycles. The van der Waals surface area contributed by atoms with Crippen LogP contribution in [-0.2, 0) is 99.6 Å². The fourth-order valence-corrected chi connectivity index (χ4v) is 11.7. The molecule has 12 nitrogen and oxygen atoms in total. The minimum absolute atomic E-state index is 0. The smallest absolute Gasteiger partial charge is 0.155 e. The number of pyridine rings is 4. The number of ketones is 4. The predicted molar refractivity (Wildman–Crippen MR) is 439 cm³/mol. The largest absolute Gasteiger partial charge is 0.512 e. The monoisotopic (exact) mass is 2180 g/mol. The van der Waals surface area contributed by atoms with Gasteiger partial charge in [0.25, 0.3) is 0 Å². The Hall–Kier alpha value is -9.16. The summed E-state index contributed by atoms with van der Waals surface area (Å²) in [5.74, 6) is -0.250. The van der Waals surface area contributed by atoms with Gasteiger partial charge in [-0.15, -0.1) is 140 Å². The molecule has 0 amide bonds. The number of fused-ring (bicyclic) bond motifs is 4. The molecule has 0 spiro atoms. The van der Waals surface area contributed by atoms with Gasteiger partial charge < -0.3 is 20.4 Å². The van der Waals surface area contributed by atoms with Crippen LogP contribution in [-0.4, -0.2) is 63.5 Å². The van der Waals surface area contributed by atoms with Gasteiger partial charge >= 0.3 is 0 Å². The molecule has 0 bridgehead atoms. The number of carbonyl (C=O) groups is 4. The van der Waals surface area contributed by atoms with E-state index in [9.17, 15) is 19.2 Å². The van der Waals surface area contributed by atoms with Gasteiger partial charge in [-0.3, -0.25) is 39.1 Å². The first-order valence-corrected chi connectivity index (χ1v) is 34.9.